The van der Waals surface area contributed by atoms with Crippen LogP contribution in [0.15, 0.2) is 24.3 Å². The van der Waals surface area contributed by atoms with Gasteiger partial charge in [-0.05, 0) is 67.9 Å². The lowest BCUT2D eigenvalue weighted by molar-refractivity contribution is -0.167. The summed E-state index contributed by atoms with van der Waals surface area (Å²) in [4.78, 5) is 38.5. The topological polar surface area (TPSA) is 75.7 Å². The van der Waals surface area contributed by atoms with Crippen molar-refractivity contribution in [3.8, 4) is 0 Å². The fourth-order valence-electron chi connectivity index (χ4n) is 6.60. The van der Waals surface area contributed by atoms with Gasteiger partial charge in [0.15, 0.2) is 6.61 Å². The van der Waals surface area contributed by atoms with Crippen molar-refractivity contribution in [3.05, 3.63) is 24.3 Å². The Morgan fingerprint density at radius 3 is 2.28 bits per heavy atom. The highest BCUT2D eigenvalue weighted by Crippen LogP contribution is 2.56. The summed E-state index contributed by atoms with van der Waals surface area (Å²) in [6, 6.07) is 3.50. The molecule has 4 saturated carbocycles. The van der Waals surface area contributed by atoms with Crippen molar-refractivity contribution in [1.82, 2.24) is 0 Å². The molecule has 1 aromatic carbocycles. The lowest BCUT2D eigenvalue weighted by atomic mass is 9.52. The van der Waals surface area contributed by atoms with Crippen LogP contribution in [-0.4, -0.2) is 36.6 Å². The van der Waals surface area contributed by atoms with Gasteiger partial charge < -0.3 is 10.1 Å². The largest absolute Gasteiger partial charge is 0.455 e. The zero-order valence-electron chi connectivity index (χ0n) is 17.4. The standard InChI is InChI=1S/C23H25F3N2O4/c24-23(25,26)18-10-19(29)27-16-3-1-2-4-17(16)28(18)20(30)11-32-22(31)21-14-6-12-5-13(8-14)9-15(21)7-12/h1-4,12-15,18,21H,5-11H2,(H,27,29). The second-order valence-corrected chi connectivity index (χ2v) is 9.65. The van der Waals surface area contributed by atoms with Crippen molar-refractivity contribution in [3.63, 3.8) is 0 Å². The van der Waals surface area contributed by atoms with E-state index in [-0.39, 0.29) is 29.1 Å². The molecule has 1 aromatic rings. The summed E-state index contributed by atoms with van der Waals surface area (Å²) >= 11 is 0. The zero-order chi connectivity index (χ0) is 22.6. The first-order valence-corrected chi connectivity index (χ1v) is 11.1. The summed E-state index contributed by atoms with van der Waals surface area (Å²) in [5.74, 6) is -0.755. The number of benzene rings is 1. The van der Waals surface area contributed by atoms with Crippen molar-refractivity contribution < 1.29 is 32.3 Å². The van der Waals surface area contributed by atoms with Crippen LogP contribution in [0.4, 0.5) is 24.5 Å². The van der Waals surface area contributed by atoms with Gasteiger partial charge in [0.25, 0.3) is 5.91 Å². The third kappa shape index (κ3) is 3.75. The molecule has 4 fully saturated rings. The number of anilines is 2. The number of alkyl halides is 3. The number of ether oxygens (including phenoxy) is 1. The maximum absolute atomic E-state index is 13.8. The third-order valence-corrected chi connectivity index (χ3v) is 7.61. The van der Waals surface area contributed by atoms with Crippen LogP contribution in [0.5, 0.6) is 0 Å². The van der Waals surface area contributed by atoms with E-state index < -0.39 is 43.0 Å². The van der Waals surface area contributed by atoms with Gasteiger partial charge >= 0.3 is 12.1 Å². The van der Waals surface area contributed by atoms with E-state index in [2.05, 4.69) is 5.32 Å². The molecule has 4 aliphatic carbocycles. The van der Waals surface area contributed by atoms with Crippen LogP contribution in [0.25, 0.3) is 0 Å². The van der Waals surface area contributed by atoms with E-state index in [1.165, 1.54) is 24.6 Å². The Labute approximate surface area is 183 Å². The fourth-order valence-corrected chi connectivity index (χ4v) is 6.60. The molecule has 9 heteroatoms. The lowest BCUT2D eigenvalue weighted by Crippen LogP contribution is -2.52. The molecule has 0 spiro atoms. The number of esters is 1. The van der Waals surface area contributed by atoms with Gasteiger partial charge in [-0.1, -0.05) is 12.1 Å². The van der Waals surface area contributed by atoms with Crippen LogP contribution in [0.1, 0.15) is 38.5 Å². The number of hydrogen-bond acceptors (Lipinski definition) is 4. The van der Waals surface area contributed by atoms with E-state index in [0.29, 0.717) is 16.7 Å². The minimum Gasteiger partial charge on any atom is -0.455 e. The van der Waals surface area contributed by atoms with Gasteiger partial charge in [-0.25, -0.2) is 0 Å². The molecule has 1 aliphatic heterocycles. The molecular weight excluding hydrogens is 425 g/mol. The highest BCUT2D eigenvalue weighted by Gasteiger charge is 2.52. The summed E-state index contributed by atoms with van der Waals surface area (Å²) in [7, 11) is 0. The normalized spacial score (nSPS) is 33.3. The smallest absolute Gasteiger partial charge is 0.409 e. The van der Waals surface area contributed by atoms with Crippen molar-refractivity contribution in [2.75, 3.05) is 16.8 Å². The average molecular weight is 450 g/mol. The molecule has 6 nitrogen and oxygen atoms in total. The van der Waals surface area contributed by atoms with Crippen LogP contribution < -0.4 is 10.2 Å². The second kappa shape index (κ2) is 7.78. The molecule has 2 amide bonds. The Hall–Kier alpha value is -2.58. The minimum absolute atomic E-state index is 0.0589. The van der Waals surface area contributed by atoms with Crippen LogP contribution >= 0.6 is 0 Å². The molecule has 1 atom stereocenters. The number of para-hydroxylation sites is 2. The first-order valence-electron chi connectivity index (χ1n) is 11.1. The molecule has 1 heterocycles. The van der Waals surface area contributed by atoms with Gasteiger partial charge in [0.05, 0.1) is 23.7 Å². The van der Waals surface area contributed by atoms with Crippen molar-refractivity contribution in [2.45, 2.75) is 50.7 Å². The summed E-state index contributed by atoms with van der Waals surface area (Å²) in [5, 5.41) is 2.42. The molecule has 0 radical (unpaired) electrons. The van der Waals surface area contributed by atoms with Gasteiger partial charge in [0, 0.05) is 0 Å². The first-order chi connectivity index (χ1) is 15.2. The van der Waals surface area contributed by atoms with Gasteiger partial charge in [0.2, 0.25) is 5.91 Å². The van der Waals surface area contributed by atoms with E-state index in [9.17, 15) is 27.6 Å². The molecule has 0 saturated heterocycles. The number of fused-ring (bicyclic) bond motifs is 1. The summed E-state index contributed by atoms with van der Waals surface area (Å²) in [6.07, 6.45) is -0.556. The van der Waals surface area contributed by atoms with Crippen molar-refractivity contribution >= 4 is 29.2 Å². The molecule has 5 aliphatic rings. The summed E-state index contributed by atoms with van der Waals surface area (Å²) in [5.41, 5.74) is 0.0568. The number of nitrogens with zero attached hydrogens (tertiary/aromatic N) is 1. The zero-order valence-corrected chi connectivity index (χ0v) is 17.4. The predicted octanol–water partition coefficient (Wildman–Crippen LogP) is 3.91. The van der Waals surface area contributed by atoms with E-state index in [0.717, 1.165) is 25.7 Å². The van der Waals surface area contributed by atoms with Crippen molar-refractivity contribution in [1.29, 1.82) is 0 Å². The van der Waals surface area contributed by atoms with E-state index in [4.69, 9.17) is 4.74 Å². The van der Waals surface area contributed by atoms with E-state index in [1.807, 2.05) is 0 Å². The highest BCUT2D eigenvalue weighted by atomic mass is 19.4. The molecule has 4 bridgehead atoms. The summed E-state index contributed by atoms with van der Waals surface area (Å²) < 4.78 is 46.7. The highest BCUT2D eigenvalue weighted by molar-refractivity contribution is 6.05. The maximum Gasteiger partial charge on any atom is 0.409 e. The monoisotopic (exact) mass is 450 g/mol. The molecule has 172 valence electrons. The van der Waals surface area contributed by atoms with Crippen LogP contribution in [0, 0.1) is 29.6 Å². The number of halogens is 3. The number of nitrogens with one attached hydrogen (secondary N) is 1. The molecule has 32 heavy (non-hydrogen) atoms. The Bertz CT molecular complexity index is 919. The van der Waals surface area contributed by atoms with Crippen LogP contribution in [-0.2, 0) is 19.1 Å². The molecule has 6 rings (SSSR count). The fraction of sp³-hybridized carbons (Fsp3) is 0.609. The van der Waals surface area contributed by atoms with Gasteiger partial charge in [-0.2, -0.15) is 13.2 Å². The second-order valence-electron chi connectivity index (χ2n) is 9.65. The number of carbonyl (C=O) groups excluding carboxylic acids is 3. The quantitative estimate of drug-likeness (QED) is 0.709. The maximum atomic E-state index is 13.8. The number of rotatable bonds is 3. The van der Waals surface area contributed by atoms with Crippen molar-refractivity contribution in [2.24, 2.45) is 29.6 Å². The SMILES string of the molecule is O=C1CC(C(F)(F)F)N(C(=O)COC(=O)C2C3CC4CC(C3)CC2C4)c2ccccc2N1. The number of amides is 2. The number of hydrogen-bond donors (Lipinski definition) is 1. The van der Waals surface area contributed by atoms with Gasteiger partial charge in [-0.3, -0.25) is 19.3 Å². The Morgan fingerprint density at radius 1 is 1.03 bits per heavy atom. The average Bonchev–Trinajstić information content (AvgIpc) is 2.87. The predicted molar refractivity (Wildman–Crippen MR) is 109 cm³/mol. The Kier molecular flexibility index (Phi) is 5.17. The van der Waals surface area contributed by atoms with Gasteiger partial charge in [-0.15, -0.1) is 0 Å². The molecule has 1 N–H and O–H groups in total. The van der Waals surface area contributed by atoms with Gasteiger partial charge in [0.1, 0.15) is 6.04 Å². The third-order valence-electron chi connectivity index (χ3n) is 7.61. The van der Waals surface area contributed by atoms with Crippen LogP contribution in [0.2, 0.25) is 0 Å². The van der Waals surface area contributed by atoms with E-state index >= 15 is 0 Å². The molecule has 0 aromatic heterocycles. The van der Waals surface area contributed by atoms with E-state index in [1.54, 1.807) is 6.07 Å². The molecule has 1 unspecified atom stereocenters. The Morgan fingerprint density at radius 2 is 1.66 bits per heavy atom. The van der Waals surface area contributed by atoms with Crippen LogP contribution in [0.3, 0.4) is 0 Å². The molecular formula is C23H25F3N2O4. The lowest BCUT2D eigenvalue weighted by Gasteiger charge is -2.53. The Balaban J connectivity index is 1.34. The summed E-state index contributed by atoms with van der Waals surface area (Å²) in [6.45, 7) is -0.781. The first kappa shape index (κ1) is 21.3. The number of carbonyl (C=O) groups is 3. The minimum atomic E-state index is -4.82.